The van der Waals surface area contributed by atoms with Crippen molar-refractivity contribution < 1.29 is 14.3 Å². The fourth-order valence-electron chi connectivity index (χ4n) is 1.78. The Balaban J connectivity index is 2.15. The van der Waals surface area contributed by atoms with Crippen LogP contribution in [0.5, 0.6) is 0 Å². The minimum absolute atomic E-state index is 0.125. The number of nitrogens with one attached hydrogen (secondary N) is 1. The number of fused-ring (bicyclic) bond motifs is 1. The van der Waals surface area contributed by atoms with E-state index < -0.39 is 0 Å². The van der Waals surface area contributed by atoms with Crippen LogP contribution in [0.4, 0.5) is 0 Å². The third-order valence-electron chi connectivity index (χ3n) is 2.58. The Hall–Kier alpha value is -2.36. The molecule has 0 unspecified atom stereocenters. The predicted molar refractivity (Wildman–Crippen MR) is 67.9 cm³/mol. The molecule has 18 heavy (non-hydrogen) atoms. The molecule has 0 saturated carbocycles. The van der Waals surface area contributed by atoms with Crippen LogP contribution < -0.4 is 5.32 Å². The Bertz CT molecular complexity index is 560. The molecule has 0 aliphatic rings. The van der Waals surface area contributed by atoms with Crippen molar-refractivity contribution in [1.29, 1.82) is 0 Å². The van der Waals surface area contributed by atoms with Gasteiger partial charge in [0, 0.05) is 5.56 Å². The summed E-state index contributed by atoms with van der Waals surface area (Å²) in [6.45, 7) is 1.71. The van der Waals surface area contributed by atoms with Gasteiger partial charge in [-0.3, -0.25) is 4.79 Å². The minimum atomic E-state index is -0.179. The number of hydrogen-bond donors (Lipinski definition) is 1. The van der Waals surface area contributed by atoms with Crippen molar-refractivity contribution in [1.82, 2.24) is 5.32 Å². The van der Waals surface area contributed by atoms with Gasteiger partial charge in [0.2, 0.25) is 0 Å². The van der Waals surface area contributed by atoms with Crippen molar-refractivity contribution in [3.05, 3.63) is 48.0 Å². The monoisotopic (exact) mass is 242 g/mol. The number of amides is 1. The van der Waals surface area contributed by atoms with E-state index in [1.54, 1.807) is 6.07 Å². The first-order valence-corrected chi connectivity index (χ1v) is 5.58. The van der Waals surface area contributed by atoms with Crippen LogP contribution in [0.2, 0.25) is 0 Å². The number of carbonyl (C=O) groups excluding carboxylic acids is 2. The summed E-state index contributed by atoms with van der Waals surface area (Å²) >= 11 is 0. The van der Waals surface area contributed by atoms with E-state index >= 15 is 0 Å². The van der Waals surface area contributed by atoms with Crippen molar-refractivity contribution in [3.63, 3.8) is 0 Å². The molecular formula is C14H12NO3. The van der Waals surface area contributed by atoms with Crippen molar-refractivity contribution in [3.8, 4) is 0 Å². The summed E-state index contributed by atoms with van der Waals surface area (Å²) in [5.74, 6) is -0.179. The van der Waals surface area contributed by atoms with Gasteiger partial charge in [-0.15, -0.1) is 0 Å². The summed E-state index contributed by atoms with van der Waals surface area (Å²) in [4.78, 5) is 21.8. The summed E-state index contributed by atoms with van der Waals surface area (Å²) in [5.41, 5.74) is 0.614. The molecule has 0 atom stereocenters. The molecule has 0 aromatic heterocycles. The van der Waals surface area contributed by atoms with E-state index in [9.17, 15) is 9.59 Å². The molecule has 2 aromatic rings. The third kappa shape index (κ3) is 2.66. The number of benzene rings is 2. The van der Waals surface area contributed by atoms with Gasteiger partial charge in [-0.05, 0) is 16.8 Å². The van der Waals surface area contributed by atoms with Crippen LogP contribution in [-0.2, 0) is 9.53 Å². The lowest BCUT2D eigenvalue weighted by atomic mass is 10.0. The molecule has 2 aromatic carbocycles. The van der Waals surface area contributed by atoms with Gasteiger partial charge in [-0.1, -0.05) is 36.4 Å². The van der Waals surface area contributed by atoms with Crippen LogP contribution in [0.1, 0.15) is 10.4 Å². The molecule has 0 aliphatic heterocycles. The average molecular weight is 242 g/mol. The minimum Gasteiger partial charge on any atom is -0.455 e. The van der Waals surface area contributed by atoms with Crippen molar-refractivity contribution in [2.24, 2.45) is 0 Å². The molecule has 1 radical (unpaired) electrons. The summed E-state index contributed by atoms with van der Waals surface area (Å²) in [7, 11) is 0. The zero-order chi connectivity index (χ0) is 12.8. The second kappa shape index (κ2) is 5.82. The maximum absolute atomic E-state index is 12.0. The summed E-state index contributed by atoms with van der Waals surface area (Å²) in [6, 6.07) is 13.2. The number of rotatable bonds is 5. The van der Waals surface area contributed by atoms with Gasteiger partial charge >= 0.3 is 6.47 Å². The molecule has 91 valence electrons. The van der Waals surface area contributed by atoms with Gasteiger partial charge in [-0.25, -0.2) is 4.79 Å². The SMILES string of the molecule is O=[C]OCCNC(=O)c1cccc2ccccc12. The summed E-state index contributed by atoms with van der Waals surface area (Å²) < 4.78 is 4.39. The third-order valence-corrected chi connectivity index (χ3v) is 2.58. The van der Waals surface area contributed by atoms with E-state index in [-0.39, 0.29) is 19.1 Å². The Kier molecular flexibility index (Phi) is 3.91. The highest BCUT2D eigenvalue weighted by atomic mass is 16.5. The highest BCUT2D eigenvalue weighted by Crippen LogP contribution is 2.18. The van der Waals surface area contributed by atoms with Crippen molar-refractivity contribution in [2.45, 2.75) is 0 Å². The van der Waals surface area contributed by atoms with E-state index in [0.717, 1.165) is 10.8 Å². The highest BCUT2D eigenvalue weighted by molar-refractivity contribution is 6.06. The Labute approximate surface area is 105 Å². The first-order valence-electron chi connectivity index (χ1n) is 5.58. The second-order valence-corrected chi connectivity index (χ2v) is 3.71. The van der Waals surface area contributed by atoms with E-state index in [0.29, 0.717) is 5.56 Å². The van der Waals surface area contributed by atoms with E-state index in [1.165, 1.54) is 6.47 Å². The molecule has 4 heteroatoms. The molecular weight excluding hydrogens is 230 g/mol. The Morgan fingerprint density at radius 1 is 1.17 bits per heavy atom. The maximum Gasteiger partial charge on any atom is 0.417 e. The topological polar surface area (TPSA) is 55.4 Å². The van der Waals surface area contributed by atoms with Gasteiger partial charge in [0.1, 0.15) is 6.61 Å². The molecule has 0 saturated heterocycles. The average Bonchev–Trinajstić information content (AvgIpc) is 2.43. The molecule has 2 rings (SSSR count). The van der Waals surface area contributed by atoms with Crippen LogP contribution in [0.3, 0.4) is 0 Å². The largest absolute Gasteiger partial charge is 0.455 e. The zero-order valence-electron chi connectivity index (χ0n) is 9.68. The first-order chi connectivity index (χ1) is 8.83. The van der Waals surface area contributed by atoms with Gasteiger partial charge in [0.15, 0.2) is 0 Å². The van der Waals surface area contributed by atoms with Crippen LogP contribution in [0, 0.1) is 0 Å². The number of ether oxygens (including phenoxy) is 1. The van der Waals surface area contributed by atoms with Gasteiger partial charge < -0.3 is 10.1 Å². The lowest BCUT2D eigenvalue weighted by molar-refractivity contribution is 0.0947. The van der Waals surface area contributed by atoms with Crippen LogP contribution in [0.15, 0.2) is 42.5 Å². The van der Waals surface area contributed by atoms with E-state index in [2.05, 4.69) is 10.1 Å². The normalized spacial score (nSPS) is 10.0. The summed E-state index contributed by atoms with van der Waals surface area (Å²) in [6.07, 6.45) is 0. The molecule has 0 heterocycles. The maximum atomic E-state index is 12.0. The van der Waals surface area contributed by atoms with Gasteiger partial charge in [0.25, 0.3) is 5.91 Å². The van der Waals surface area contributed by atoms with Gasteiger partial charge in [-0.2, -0.15) is 0 Å². The quantitative estimate of drug-likeness (QED) is 0.811. The van der Waals surface area contributed by atoms with Crippen LogP contribution >= 0.6 is 0 Å². The fraction of sp³-hybridized carbons (Fsp3) is 0.143. The van der Waals surface area contributed by atoms with Crippen LogP contribution in [-0.4, -0.2) is 25.5 Å². The smallest absolute Gasteiger partial charge is 0.417 e. The molecule has 4 nitrogen and oxygen atoms in total. The number of hydrogen-bond acceptors (Lipinski definition) is 3. The molecule has 0 fully saturated rings. The molecule has 0 bridgehead atoms. The van der Waals surface area contributed by atoms with E-state index in [4.69, 9.17) is 0 Å². The lowest BCUT2D eigenvalue weighted by Gasteiger charge is -2.07. The molecule has 1 N–H and O–H groups in total. The predicted octanol–water partition coefficient (Wildman–Crippen LogP) is 1.65. The van der Waals surface area contributed by atoms with Crippen LogP contribution in [0.25, 0.3) is 10.8 Å². The van der Waals surface area contributed by atoms with Gasteiger partial charge in [0.05, 0.1) is 6.54 Å². The fourth-order valence-corrected chi connectivity index (χ4v) is 1.78. The Morgan fingerprint density at radius 2 is 1.94 bits per heavy atom. The first kappa shape index (κ1) is 12.1. The standard InChI is InChI=1S/C14H12NO3/c16-10-18-9-8-15-14(17)13-7-3-5-11-4-1-2-6-12(11)13/h1-7H,8-9H2,(H,15,17). The molecule has 0 aliphatic carbocycles. The zero-order valence-corrected chi connectivity index (χ0v) is 9.68. The van der Waals surface area contributed by atoms with E-state index in [1.807, 2.05) is 36.4 Å². The molecule has 0 spiro atoms. The Morgan fingerprint density at radius 3 is 2.78 bits per heavy atom. The molecule has 1 amide bonds. The van der Waals surface area contributed by atoms with Crippen molar-refractivity contribution >= 4 is 23.2 Å². The number of carbonyl (C=O) groups is 1. The van der Waals surface area contributed by atoms with Crippen molar-refractivity contribution in [2.75, 3.05) is 13.2 Å². The second-order valence-electron chi connectivity index (χ2n) is 3.71. The summed E-state index contributed by atoms with van der Waals surface area (Å²) in [5, 5.41) is 4.60. The highest BCUT2D eigenvalue weighted by Gasteiger charge is 2.08. The lowest BCUT2D eigenvalue weighted by Crippen LogP contribution is -2.27.